The summed E-state index contributed by atoms with van der Waals surface area (Å²) in [6.45, 7) is 22.4. The third-order valence-corrected chi connectivity index (χ3v) is 16.9. The first kappa shape index (κ1) is 27.6. The fourth-order valence-corrected chi connectivity index (χ4v) is 6.20. The average molecular weight is 499 g/mol. The maximum atomic E-state index is 11.4. The number of hydrogen-bond acceptors (Lipinski definition) is 4. The summed E-state index contributed by atoms with van der Waals surface area (Å²) in [5.41, 5.74) is 1.10. The second-order valence-electron chi connectivity index (χ2n) is 12.3. The summed E-state index contributed by atoms with van der Waals surface area (Å²) in [5.74, 6) is 1.81. The van der Waals surface area contributed by atoms with Crippen molar-refractivity contribution in [2.45, 2.75) is 115 Å². The van der Waals surface area contributed by atoms with Crippen LogP contribution in [0.3, 0.4) is 0 Å². The van der Waals surface area contributed by atoms with Crippen LogP contribution in [0.4, 0.5) is 0 Å². The lowest BCUT2D eigenvalue weighted by atomic mass is 9.80. The Bertz CT molecular complexity index is 815. The molecule has 1 aromatic rings. The van der Waals surface area contributed by atoms with Gasteiger partial charge in [0, 0.05) is 29.3 Å². The van der Waals surface area contributed by atoms with Gasteiger partial charge in [0.1, 0.15) is 11.5 Å². The van der Waals surface area contributed by atoms with Crippen molar-refractivity contribution in [3.8, 4) is 11.5 Å². The summed E-state index contributed by atoms with van der Waals surface area (Å²) < 4.78 is 39.1. The van der Waals surface area contributed by atoms with Gasteiger partial charge in [-0.3, -0.25) is 4.21 Å². The van der Waals surface area contributed by atoms with Crippen molar-refractivity contribution in [2.24, 2.45) is 0 Å². The summed E-state index contributed by atoms with van der Waals surface area (Å²) in [5, 5.41) is 0.157. The summed E-state index contributed by atoms with van der Waals surface area (Å²) >= 11 is -2.28. The van der Waals surface area contributed by atoms with E-state index in [0.29, 0.717) is 0 Å². The highest BCUT2D eigenvalue weighted by Crippen LogP contribution is 2.45. The third kappa shape index (κ3) is 6.68. The molecule has 0 heterocycles. The molecule has 1 saturated carbocycles. The highest BCUT2D eigenvalue weighted by atomic mass is 32.2. The van der Waals surface area contributed by atoms with Crippen molar-refractivity contribution in [3.05, 3.63) is 23.8 Å². The molecule has 184 valence electrons. The van der Waals surface area contributed by atoms with Crippen LogP contribution in [0.15, 0.2) is 18.2 Å². The molecule has 0 aliphatic heterocycles. The molecular weight excluding hydrogens is 455 g/mol. The van der Waals surface area contributed by atoms with Crippen LogP contribution in [0, 0.1) is 0 Å². The molecule has 0 amide bonds. The first-order valence-electron chi connectivity index (χ1n) is 11.8. The van der Waals surface area contributed by atoms with Gasteiger partial charge in [-0.1, -0.05) is 60.5 Å². The van der Waals surface area contributed by atoms with Crippen LogP contribution in [0.5, 0.6) is 11.5 Å². The smallest absolute Gasteiger partial charge is 0.250 e. The predicted octanol–water partition coefficient (Wildman–Crippen LogP) is 6.86. The van der Waals surface area contributed by atoms with Gasteiger partial charge in [0.15, 0.2) is 0 Å². The molecule has 0 bridgehead atoms. The maximum absolute atomic E-state index is 11.4. The molecule has 1 aliphatic rings. The van der Waals surface area contributed by atoms with Crippen LogP contribution >= 0.6 is 0 Å². The molecule has 2 rings (SSSR count). The van der Waals surface area contributed by atoms with Crippen molar-refractivity contribution < 1.29 is 17.6 Å². The Kier molecular flexibility index (Phi) is 8.53. The molecule has 32 heavy (non-hydrogen) atoms. The minimum Gasteiger partial charge on any atom is -0.760 e. The largest absolute Gasteiger partial charge is 0.760 e. The Morgan fingerprint density at radius 1 is 0.938 bits per heavy atom. The second kappa shape index (κ2) is 9.90. The molecule has 1 aromatic carbocycles. The summed E-state index contributed by atoms with van der Waals surface area (Å²) in [6, 6.07) is 6.13. The first-order chi connectivity index (χ1) is 14.4. The molecule has 0 aromatic heterocycles. The van der Waals surface area contributed by atoms with Gasteiger partial charge in [0.2, 0.25) is 16.6 Å². The van der Waals surface area contributed by atoms with Crippen molar-refractivity contribution in [3.63, 3.8) is 0 Å². The van der Waals surface area contributed by atoms with E-state index in [1.165, 1.54) is 0 Å². The quantitative estimate of drug-likeness (QED) is 0.329. The number of nitrogens with one attached hydrogen (secondary N) is 1. The summed E-state index contributed by atoms with van der Waals surface area (Å²) in [7, 11) is -4.09. The van der Waals surface area contributed by atoms with Gasteiger partial charge in [-0.2, -0.15) is 0 Å². The fraction of sp³-hybridized carbons (Fsp3) is 0.750. The molecule has 0 spiro atoms. The van der Waals surface area contributed by atoms with E-state index in [2.05, 4.69) is 84.6 Å². The lowest BCUT2D eigenvalue weighted by Gasteiger charge is -2.40. The van der Waals surface area contributed by atoms with Crippen molar-refractivity contribution >= 4 is 27.9 Å². The van der Waals surface area contributed by atoms with Crippen LogP contribution in [0.2, 0.25) is 36.3 Å². The number of hydrogen-bond donors (Lipinski definition) is 1. The number of rotatable bonds is 7. The minimum absolute atomic E-state index is 0.0568. The molecule has 1 N–H and O–H groups in total. The zero-order valence-electron chi connectivity index (χ0n) is 21.8. The first-order valence-corrected chi connectivity index (χ1v) is 18.7. The monoisotopic (exact) mass is 498 g/mol. The number of benzene rings is 1. The van der Waals surface area contributed by atoms with Gasteiger partial charge in [-0.25, -0.2) is 4.72 Å². The molecule has 8 heteroatoms. The maximum Gasteiger partial charge on any atom is 0.250 e. The van der Waals surface area contributed by atoms with Crippen LogP contribution < -0.4 is 13.6 Å². The Hall–Kier alpha value is -0.676. The van der Waals surface area contributed by atoms with Crippen molar-refractivity contribution in [2.75, 3.05) is 0 Å². The molecule has 3 atom stereocenters. The Labute approximate surface area is 200 Å². The van der Waals surface area contributed by atoms with Crippen LogP contribution in [0.25, 0.3) is 0 Å². The van der Waals surface area contributed by atoms with Crippen LogP contribution in [-0.2, 0) is 11.3 Å². The Morgan fingerprint density at radius 2 is 1.47 bits per heavy atom. The van der Waals surface area contributed by atoms with Crippen LogP contribution in [-0.4, -0.2) is 31.4 Å². The van der Waals surface area contributed by atoms with E-state index in [4.69, 9.17) is 8.85 Å². The van der Waals surface area contributed by atoms with Gasteiger partial charge < -0.3 is 13.4 Å². The van der Waals surface area contributed by atoms with E-state index in [9.17, 15) is 8.76 Å². The molecule has 5 nitrogen and oxygen atoms in total. The zero-order chi connectivity index (χ0) is 24.5. The predicted molar refractivity (Wildman–Crippen MR) is 139 cm³/mol. The van der Waals surface area contributed by atoms with Crippen molar-refractivity contribution in [1.29, 1.82) is 0 Å². The molecule has 3 unspecified atom stereocenters. The molecule has 0 saturated heterocycles. The van der Waals surface area contributed by atoms with E-state index in [1.807, 2.05) is 6.07 Å². The molecule has 1 aliphatic carbocycles. The van der Waals surface area contributed by atoms with Crippen molar-refractivity contribution in [1.82, 2.24) is 4.72 Å². The van der Waals surface area contributed by atoms with Crippen LogP contribution in [0.1, 0.15) is 78.7 Å². The lowest BCUT2D eigenvalue weighted by molar-refractivity contribution is 0.350. The van der Waals surface area contributed by atoms with Gasteiger partial charge in [-0.05, 0) is 60.7 Å². The topological polar surface area (TPSA) is 70.6 Å². The van der Waals surface area contributed by atoms with E-state index < -0.39 is 27.9 Å². The molecule has 1 fully saturated rings. The van der Waals surface area contributed by atoms with Gasteiger partial charge in [-0.15, -0.1) is 0 Å². The average Bonchev–Trinajstić information content (AvgIpc) is 2.59. The second-order valence-corrected chi connectivity index (χ2v) is 22.4. The van der Waals surface area contributed by atoms with E-state index in [0.717, 1.165) is 42.7 Å². The fourth-order valence-electron chi connectivity index (χ4n) is 3.62. The standard InChI is InChI=1S/C24H45NO4SSi2/c1-23(2,3)31(7,8)28-18-15-16-20(19-13-11-12-14-21(19)25-30(26)27)22(17-18)29-32(9,10)24(4,5)6/h15-17,19,21,25H,11-14H2,1-10H3,(H,26,27)/p-1. The van der Waals surface area contributed by atoms with E-state index in [1.54, 1.807) is 0 Å². The normalized spacial score (nSPS) is 21.8. The highest BCUT2D eigenvalue weighted by Gasteiger charge is 2.41. The van der Waals surface area contributed by atoms with E-state index >= 15 is 0 Å². The Balaban J connectivity index is 2.52. The Morgan fingerprint density at radius 3 is 2.00 bits per heavy atom. The lowest BCUT2D eigenvalue weighted by Crippen LogP contribution is -2.45. The zero-order valence-corrected chi connectivity index (χ0v) is 24.6. The summed E-state index contributed by atoms with van der Waals surface area (Å²) in [4.78, 5) is 0. The van der Waals surface area contributed by atoms with Gasteiger partial charge in [0.05, 0.1) is 0 Å². The van der Waals surface area contributed by atoms with Gasteiger partial charge in [0.25, 0.3) is 0 Å². The SMILES string of the molecule is CC(C)(C)[Si](C)(C)Oc1ccc(C2CCCCC2NS(=O)[O-])c(O[Si](C)(C)C(C)(C)C)c1. The molecular formula is C24H44NO4SSi2-. The minimum atomic E-state index is -2.28. The van der Waals surface area contributed by atoms with Gasteiger partial charge >= 0.3 is 0 Å². The third-order valence-electron chi connectivity index (χ3n) is 7.75. The summed E-state index contributed by atoms with van der Waals surface area (Å²) in [6.07, 6.45) is 3.93. The van der Waals surface area contributed by atoms with E-state index in [-0.39, 0.29) is 22.0 Å². The highest BCUT2D eigenvalue weighted by molar-refractivity contribution is 7.77. The molecule has 0 radical (unpaired) electrons.